The molecule has 1 unspecified atom stereocenters. The molecule has 2 bridgehead atoms. The summed E-state index contributed by atoms with van der Waals surface area (Å²) in [5.41, 5.74) is 2.68. The smallest absolute Gasteiger partial charge is 0.274 e. The van der Waals surface area contributed by atoms with Gasteiger partial charge in [-0.05, 0) is 30.4 Å². The molecule has 3 aromatic rings. The van der Waals surface area contributed by atoms with E-state index in [2.05, 4.69) is 15.3 Å². The summed E-state index contributed by atoms with van der Waals surface area (Å²) in [5, 5.41) is 12.5. The fourth-order valence-electron chi connectivity index (χ4n) is 3.08. The number of rotatable bonds is 0. The number of benzene rings is 1. The summed E-state index contributed by atoms with van der Waals surface area (Å²) in [4.78, 5) is 15.1. The molecule has 9 heteroatoms. The molecule has 0 saturated carbocycles. The summed E-state index contributed by atoms with van der Waals surface area (Å²) in [7, 11) is 2.34. The number of carbonyl (C=O) groups excluding carboxylic acids is 1. The molecular formula is C19H21N5O3S. The zero-order chi connectivity index (χ0) is 19.7. The van der Waals surface area contributed by atoms with Crippen molar-refractivity contribution in [3.05, 3.63) is 41.3 Å². The molecular weight excluding hydrogens is 378 g/mol. The Morgan fingerprint density at radius 1 is 1.21 bits per heavy atom. The highest BCUT2D eigenvalue weighted by molar-refractivity contribution is 7.85. The molecule has 1 amide bonds. The standard InChI is InChI=1S/C19H21N5O3S/c1-23-7-8-27-9-10-28(26)14-4-6-17-15(11-14)16(20-21-17)5-3-13-12-24(2)22-18(13)19(23)25/h3-6,11-12H,7-10H2,1-2H3,(H,20,21)/b5-3+. The predicted octanol–water partition coefficient (Wildman–Crippen LogP) is 1.68. The second-order valence-corrected chi connectivity index (χ2v) is 8.22. The third kappa shape index (κ3) is 3.63. The molecule has 0 fully saturated rings. The lowest BCUT2D eigenvalue weighted by Crippen LogP contribution is -2.31. The van der Waals surface area contributed by atoms with Crippen LogP contribution < -0.4 is 0 Å². The van der Waals surface area contributed by atoms with Gasteiger partial charge in [-0.2, -0.15) is 10.2 Å². The van der Waals surface area contributed by atoms with Crippen molar-refractivity contribution < 1.29 is 13.7 Å². The normalized spacial score (nSPS) is 19.9. The van der Waals surface area contributed by atoms with Crippen LogP contribution in [-0.2, 0) is 22.6 Å². The number of fused-ring (bicyclic) bond motifs is 2. The van der Waals surface area contributed by atoms with E-state index in [1.807, 2.05) is 30.4 Å². The van der Waals surface area contributed by atoms with Gasteiger partial charge in [0.05, 0.1) is 41.0 Å². The first-order valence-electron chi connectivity index (χ1n) is 8.94. The Morgan fingerprint density at radius 2 is 2.07 bits per heavy atom. The van der Waals surface area contributed by atoms with Crippen molar-refractivity contribution >= 4 is 39.8 Å². The van der Waals surface area contributed by atoms with E-state index in [1.54, 1.807) is 29.9 Å². The third-order valence-electron chi connectivity index (χ3n) is 4.64. The highest BCUT2D eigenvalue weighted by Crippen LogP contribution is 2.22. The van der Waals surface area contributed by atoms with E-state index in [0.717, 1.165) is 27.1 Å². The van der Waals surface area contributed by atoms with Crippen LogP contribution in [0.4, 0.5) is 0 Å². The van der Waals surface area contributed by atoms with Crippen LogP contribution in [0.25, 0.3) is 23.1 Å². The van der Waals surface area contributed by atoms with Crippen molar-refractivity contribution in [2.45, 2.75) is 4.90 Å². The third-order valence-corrected chi connectivity index (χ3v) is 5.96. The Hall–Kier alpha value is -2.78. The summed E-state index contributed by atoms with van der Waals surface area (Å²) in [6.45, 7) is 1.17. The predicted molar refractivity (Wildman–Crippen MR) is 107 cm³/mol. The number of aryl methyl sites for hydroxylation is 1. The van der Waals surface area contributed by atoms with Crippen molar-refractivity contribution in [3.8, 4) is 0 Å². The monoisotopic (exact) mass is 399 g/mol. The van der Waals surface area contributed by atoms with Gasteiger partial charge < -0.3 is 9.64 Å². The molecule has 3 heterocycles. The molecule has 0 aliphatic carbocycles. The lowest BCUT2D eigenvalue weighted by atomic mass is 10.1. The minimum atomic E-state index is -1.16. The summed E-state index contributed by atoms with van der Waals surface area (Å²) >= 11 is 0. The average molecular weight is 399 g/mol. The molecule has 0 radical (unpaired) electrons. The minimum Gasteiger partial charge on any atom is -0.379 e. The number of carbonyl (C=O) groups is 1. The van der Waals surface area contributed by atoms with E-state index in [0.29, 0.717) is 31.2 Å². The molecule has 1 aliphatic rings. The molecule has 1 aromatic carbocycles. The van der Waals surface area contributed by atoms with E-state index in [1.165, 1.54) is 0 Å². The van der Waals surface area contributed by atoms with Crippen molar-refractivity contribution in [3.63, 3.8) is 0 Å². The minimum absolute atomic E-state index is 0.170. The van der Waals surface area contributed by atoms with Gasteiger partial charge in [0.15, 0.2) is 5.69 Å². The van der Waals surface area contributed by atoms with Gasteiger partial charge in [-0.3, -0.25) is 18.8 Å². The van der Waals surface area contributed by atoms with E-state index in [4.69, 9.17) is 4.74 Å². The van der Waals surface area contributed by atoms with Gasteiger partial charge in [0.1, 0.15) is 0 Å². The van der Waals surface area contributed by atoms with Gasteiger partial charge in [0, 0.05) is 42.7 Å². The fraction of sp³-hybridized carbons (Fsp3) is 0.316. The summed E-state index contributed by atoms with van der Waals surface area (Å²) in [6.07, 6.45) is 5.51. The van der Waals surface area contributed by atoms with Crippen molar-refractivity contribution in [1.82, 2.24) is 24.9 Å². The maximum atomic E-state index is 12.8. The molecule has 2 aromatic heterocycles. The number of aromatic amines is 1. The Labute approximate surface area is 164 Å². The van der Waals surface area contributed by atoms with Gasteiger partial charge in [0.2, 0.25) is 0 Å². The second kappa shape index (κ2) is 7.69. The number of hydrogen-bond acceptors (Lipinski definition) is 5. The molecule has 8 nitrogen and oxygen atoms in total. The molecule has 1 aliphatic heterocycles. The van der Waals surface area contributed by atoms with Crippen LogP contribution in [0.1, 0.15) is 21.7 Å². The SMILES string of the molecule is CN1CCOCCS(=O)c2ccc3n[nH]c(c3c2)/C=C/c2cn(C)nc2C1=O. The van der Waals surface area contributed by atoms with Gasteiger partial charge >= 0.3 is 0 Å². The Balaban J connectivity index is 1.79. The Bertz CT molecular complexity index is 1080. The van der Waals surface area contributed by atoms with Crippen LogP contribution in [-0.4, -0.2) is 67.6 Å². The molecule has 1 atom stereocenters. The van der Waals surface area contributed by atoms with Crippen molar-refractivity contribution in [2.24, 2.45) is 7.05 Å². The number of nitrogens with one attached hydrogen (secondary N) is 1. The van der Waals surface area contributed by atoms with E-state index < -0.39 is 10.8 Å². The van der Waals surface area contributed by atoms with Crippen LogP contribution >= 0.6 is 0 Å². The Morgan fingerprint density at radius 3 is 2.93 bits per heavy atom. The summed E-state index contributed by atoms with van der Waals surface area (Å²) in [6, 6.07) is 5.58. The van der Waals surface area contributed by atoms with Gasteiger partial charge in [0.25, 0.3) is 5.91 Å². The average Bonchev–Trinajstić information content (AvgIpc) is 3.26. The lowest BCUT2D eigenvalue weighted by molar-refractivity contribution is 0.0705. The maximum absolute atomic E-state index is 12.8. The summed E-state index contributed by atoms with van der Waals surface area (Å²) in [5.74, 6) is 0.229. The zero-order valence-electron chi connectivity index (χ0n) is 15.7. The first kappa shape index (κ1) is 18.6. The van der Waals surface area contributed by atoms with Crippen LogP contribution in [0, 0.1) is 0 Å². The van der Waals surface area contributed by atoms with E-state index in [9.17, 15) is 9.00 Å². The number of hydrogen-bond donors (Lipinski definition) is 1. The number of aromatic nitrogens is 4. The number of ether oxygens (including phenoxy) is 1. The number of H-pyrrole nitrogens is 1. The summed E-state index contributed by atoms with van der Waals surface area (Å²) < 4.78 is 19.8. The van der Waals surface area contributed by atoms with Crippen LogP contribution in [0.3, 0.4) is 0 Å². The second-order valence-electron chi connectivity index (χ2n) is 6.65. The highest BCUT2D eigenvalue weighted by atomic mass is 32.2. The van der Waals surface area contributed by atoms with Crippen LogP contribution in [0.5, 0.6) is 0 Å². The topological polar surface area (TPSA) is 93.1 Å². The molecule has 146 valence electrons. The molecule has 4 rings (SSSR count). The number of amides is 1. The maximum Gasteiger partial charge on any atom is 0.274 e. The van der Waals surface area contributed by atoms with E-state index >= 15 is 0 Å². The first-order valence-corrected chi connectivity index (χ1v) is 10.3. The molecule has 0 spiro atoms. The number of likely N-dealkylation sites (N-methyl/N-ethyl adjacent to an activating group) is 1. The van der Waals surface area contributed by atoms with E-state index in [-0.39, 0.29) is 5.91 Å². The Kier molecular flexibility index (Phi) is 5.10. The largest absolute Gasteiger partial charge is 0.379 e. The van der Waals surface area contributed by atoms with Gasteiger partial charge in [-0.15, -0.1) is 0 Å². The highest BCUT2D eigenvalue weighted by Gasteiger charge is 2.19. The van der Waals surface area contributed by atoms with Crippen molar-refractivity contribution in [2.75, 3.05) is 32.6 Å². The van der Waals surface area contributed by atoms with Gasteiger partial charge in [-0.25, -0.2) is 0 Å². The van der Waals surface area contributed by atoms with Gasteiger partial charge in [-0.1, -0.05) is 0 Å². The van der Waals surface area contributed by atoms with Crippen LogP contribution in [0.2, 0.25) is 0 Å². The van der Waals surface area contributed by atoms with Crippen LogP contribution in [0.15, 0.2) is 29.3 Å². The molecule has 28 heavy (non-hydrogen) atoms. The zero-order valence-corrected chi connectivity index (χ0v) is 16.5. The first-order chi connectivity index (χ1) is 13.5. The molecule has 1 N–H and O–H groups in total. The quantitative estimate of drug-likeness (QED) is 0.621. The fourth-order valence-corrected chi connectivity index (χ4v) is 4.06. The number of nitrogens with zero attached hydrogens (tertiary/aromatic N) is 4. The lowest BCUT2D eigenvalue weighted by Gasteiger charge is -2.16. The molecule has 0 saturated heterocycles. The van der Waals surface area contributed by atoms with Crippen molar-refractivity contribution in [1.29, 1.82) is 0 Å².